The molecule has 1 aromatic rings. The SMILES string of the molecule is CC(=O)Nc1nc(CN2CCOC(CN)C2)cs1.Cl.Cl. The summed E-state index contributed by atoms with van der Waals surface area (Å²) in [5.41, 5.74) is 6.58. The number of anilines is 1. The predicted octanol–water partition coefficient (Wildman–Crippen LogP) is 1.10. The summed E-state index contributed by atoms with van der Waals surface area (Å²) in [7, 11) is 0. The number of morpholine rings is 1. The number of amides is 1. The van der Waals surface area contributed by atoms with Gasteiger partial charge in [-0.3, -0.25) is 9.69 Å². The minimum Gasteiger partial charge on any atom is -0.374 e. The third-order valence-corrected chi connectivity index (χ3v) is 3.51. The maximum absolute atomic E-state index is 10.9. The highest BCUT2D eigenvalue weighted by molar-refractivity contribution is 7.13. The van der Waals surface area contributed by atoms with Crippen molar-refractivity contribution in [2.24, 2.45) is 5.73 Å². The first-order chi connectivity index (χ1) is 8.67. The lowest BCUT2D eigenvalue weighted by Gasteiger charge is -2.31. The van der Waals surface area contributed by atoms with Crippen LogP contribution in [0, 0.1) is 0 Å². The van der Waals surface area contributed by atoms with Gasteiger partial charge in [-0.25, -0.2) is 4.98 Å². The Morgan fingerprint density at radius 3 is 3.05 bits per heavy atom. The molecule has 116 valence electrons. The number of rotatable bonds is 4. The van der Waals surface area contributed by atoms with Crippen molar-refractivity contribution in [1.82, 2.24) is 9.88 Å². The summed E-state index contributed by atoms with van der Waals surface area (Å²) in [6.07, 6.45) is 0.118. The highest BCUT2D eigenvalue weighted by atomic mass is 35.5. The number of carbonyl (C=O) groups is 1. The van der Waals surface area contributed by atoms with Gasteiger partial charge in [0.2, 0.25) is 5.91 Å². The van der Waals surface area contributed by atoms with E-state index in [9.17, 15) is 4.79 Å². The fourth-order valence-electron chi connectivity index (χ4n) is 1.88. The lowest BCUT2D eigenvalue weighted by molar-refractivity contribution is -0.114. The van der Waals surface area contributed by atoms with Crippen LogP contribution in [0.5, 0.6) is 0 Å². The average Bonchev–Trinajstić information content (AvgIpc) is 2.76. The molecule has 0 bridgehead atoms. The first-order valence-corrected chi connectivity index (χ1v) is 6.81. The third-order valence-electron chi connectivity index (χ3n) is 2.71. The lowest BCUT2D eigenvalue weighted by atomic mass is 10.2. The van der Waals surface area contributed by atoms with E-state index in [1.54, 1.807) is 0 Å². The van der Waals surface area contributed by atoms with Crippen LogP contribution in [0.2, 0.25) is 0 Å². The Hall–Kier alpha value is -0.440. The van der Waals surface area contributed by atoms with E-state index in [-0.39, 0.29) is 36.8 Å². The summed E-state index contributed by atoms with van der Waals surface area (Å²) in [4.78, 5) is 17.5. The van der Waals surface area contributed by atoms with E-state index in [0.717, 1.165) is 25.3 Å². The molecule has 2 rings (SSSR count). The average molecular weight is 343 g/mol. The first-order valence-electron chi connectivity index (χ1n) is 5.93. The molecule has 1 aromatic heterocycles. The Balaban J connectivity index is 0.00000180. The number of halogens is 2. The molecule has 9 heteroatoms. The molecular formula is C11H20Cl2N4O2S. The van der Waals surface area contributed by atoms with Crippen LogP contribution < -0.4 is 11.1 Å². The van der Waals surface area contributed by atoms with Gasteiger partial charge in [0.25, 0.3) is 0 Å². The highest BCUT2D eigenvalue weighted by Gasteiger charge is 2.19. The number of ether oxygens (including phenoxy) is 1. The van der Waals surface area contributed by atoms with E-state index >= 15 is 0 Å². The summed E-state index contributed by atoms with van der Waals surface area (Å²) < 4.78 is 5.51. The van der Waals surface area contributed by atoms with E-state index in [4.69, 9.17) is 10.5 Å². The Bertz CT molecular complexity index is 419. The molecule has 1 amide bonds. The number of hydrogen-bond acceptors (Lipinski definition) is 6. The molecule has 6 nitrogen and oxygen atoms in total. The van der Waals surface area contributed by atoms with Crippen LogP contribution in [0.25, 0.3) is 0 Å². The van der Waals surface area contributed by atoms with Crippen molar-refractivity contribution in [2.75, 3.05) is 31.6 Å². The molecule has 3 N–H and O–H groups in total. The van der Waals surface area contributed by atoms with Gasteiger partial charge in [-0.15, -0.1) is 36.2 Å². The second-order valence-corrected chi connectivity index (χ2v) is 5.15. The standard InChI is InChI=1S/C11H18N4O2S.2ClH/c1-8(16)13-11-14-9(7-18-11)5-15-2-3-17-10(4-12)6-15;;/h7,10H,2-6,12H2,1H3,(H,13,14,16);2*1H. The van der Waals surface area contributed by atoms with Gasteiger partial charge in [0.15, 0.2) is 5.13 Å². The number of nitrogens with one attached hydrogen (secondary N) is 1. The zero-order chi connectivity index (χ0) is 13.0. The van der Waals surface area contributed by atoms with E-state index in [2.05, 4.69) is 15.2 Å². The second kappa shape index (κ2) is 9.49. The predicted molar refractivity (Wildman–Crippen MR) is 85.0 cm³/mol. The molecule has 1 saturated heterocycles. The molecule has 1 aliphatic rings. The van der Waals surface area contributed by atoms with Crippen LogP contribution >= 0.6 is 36.2 Å². The third kappa shape index (κ3) is 5.90. The van der Waals surface area contributed by atoms with Crippen LogP contribution in [-0.2, 0) is 16.1 Å². The van der Waals surface area contributed by atoms with E-state index in [0.29, 0.717) is 18.3 Å². The molecule has 2 heterocycles. The summed E-state index contributed by atoms with van der Waals surface area (Å²) in [6.45, 7) is 5.24. The van der Waals surface area contributed by atoms with Crippen molar-refractivity contribution in [1.29, 1.82) is 0 Å². The molecule has 1 aliphatic heterocycles. The van der Waals surface area contributed by atoms with Crippen molar-refractivity contribution >= 4 is 47.2 Å². The Morgan fingerprint density at radius 1 is 1.65 bits per heavy atom. The fourth-order valence-corrected chi connectivity index (χ4v) is 2.63. The van der Waals surface area contributed by atoms with Gasteiger partial charge in [0, 0.05) is 38.5 Å². The minimum absolute atomic E-state index is 0. The van der Waals surface area contributed by atoms with Crippen molar-refractivity contribution in [3.8, 4) is 0 Å². The molecule has 0 saturated carbocycles. The number of hydrogen-bond donors (Lipinski definition) is 2. The van der Waals surface area contributed by atoms with Crippen LogP contribution in [-0.4, -0.2) is 48.1 Å². The van der Waals surface area contributed by atoms with Crippen LogP contribution in [0.4, 0.5) is 5.13 Å². The summed E-state index contributed by atoms with van der Waals surface area (Å²) in [6, 6.07) is 0. The fraction of sp³-hybridized carbons (Fsp3) is 0.636. The molecular weight excluding hydrogens is 323 g/mol. The van der Waals surface area contributed by atoms with Gasteiger partial charge in [-0.2, -0.15) is 0 Å². The quantitative estimate of drug-likeness (QED) is 0.856. The first kappa shape index (κ1) is 19.6. The molecule has 1 fully saturated rings. The van der Waals surface area contributed by atoms with Gasteiger partial charge < -0.3 is 15.8 Å². The molecule has 0 radical (unpaired) electrons. The largest absolute Gasteiger partial charge is 0.374 e. The maximum atomic E-state index is 10.9. The van der Waals surface area contributed by atoms with E-state index < -0.39 is 0 Å². The van der Waals surface area contributed by atoms with Gasteiger partial charge in [0.05, 0.1) is 18.4 Å². The van der Waals surface area contributed by atoms with Gasteiger partial charge in [-0.1, -0.05) is 0 Å². The number of carbonyl (C=O) groups excluding carboxylic acids is 1. The number of nitrogens with two attached hydrogens (primary N) is 1. The van der Waals surface area contributed by atoms with Crippen LogP contribution in [0.15, 0.2) is 5.38 Å². The number of nitrogens with zero attached hydrogens (tertiary/aromatic N) is 2. The van der Waals surface area contributed by atoms with Crippen molar-refractivity contribution in [3.05, 3.63) is 11.1 Å². The zero-order valence-electron chi connectivity index (χ0n) is 11.2. The normalized spacial score (nSPS) is 18.8. The summed E-state index contributed by atoms with van der Waals surface area (Å²) >= 11 is 1.45. The molecule has 0 aliphatic carbocycles. The Kier molecular flexibility index (Phi) is 9.28. The second-order valence-electron chi connectivity index (χ2n) is 4.29. The van der Waals surface area contributed by atoms with Gasteiger partial charge >= 0.3 is 0 Å². The number of aromatic nitrogens is 1. The Labute approximate surface area is 134 Å². The topological polar surface area (TPSA) is 80.5 Å². The lowest BCUT2D eigenvalue weighted by Crippen LogP contribution is -2.45. The molecule has 20 heavy (non-hydrogen) atoms. The highest BCUT2D eigenvalue weighted by Crippen LogP contribution is 2.17. The summed E-state index contributed by atoms with van der Waals surface area (Å²) in [5.74, 6) is -0.0922. The van der Waals surface area contributed by atoms with E-state index in [1.165, 1.54) is 18.3 Å². The molecule has 1 unspecified atom stereocenters. The molecule has 1 atom stereocenters. The zero-order valence-corrected chi connectivity index (χ0v) is 13.7. The van der Waals surface area contributed by atoms with Gasteiger partial charge in [0.1, 0.15) is 0 Å². The smallest absolute Gasteiger partial charge is 0.223 e. The van der Waals surface area contributed by atoms with Gasteiger partial charge in [-0.05, 0) is 0 Å². The van der Waals surface area contributed by atoms with Crippen molar-refractivity contribution in [3.63, 3.8) is 0 Å². The van der Waals surface area contributed by atoms with E-state index in [1.807, 2.05) is 5.38 Å². The summed E-state index contributed by atoms with van der Waals surface area (Å²) in [5, 5.41) is 5.31. The molecule has 0 spiro atoms. The Morgan fingerprint density at radius 2 is 2.40 bits per heavy atom. The molecule has 0 aromatic carbocycles. The minimum atomic E-state index is -0.0922. The van der Waals surface area contributed by atoms with Crippen molar-refractivity contribution in [2.45, 2.75) is 19.6 Å². The van der Waals surface area contributed by atoms with Crippen LogP contribution in [0.3, 0.4) is 0 Å². The van der Waals surface area contributed by atoms with Crippen molar-refractivity contribution < 1.29 is 9.53 Å². The monoisotopic (exact) mass is 342 g/mol. The maximum Gasteiger partial charge on any atom is 0.223 e. The van der Waals surface area contributed by atoms with Crippen LogP contribution in [0.1, 0.15) is 12.6 Å². The number of thiazole rings is 1.